The summed E-state index contributed by atoms with van der Waals surface area (Å²) >= 11 is 1.25. The van der Waals surface area contributed by atoms with Crippen LogP contribution in [-0.4, -0.2) is 39.7 Å². The fourth-order valence-corrected chi connectivity index (χ4v) is 3.51. The van der Waals surface area contributed by atoms with Crippen LogP contribution in [0, 0.1) is 5.82 Å². The van der Waals surface area contributed by atoms with Crippen LogP contribution in [0.1, 0.15) is 10.8 Å². The first-order valence-corrected chi connectivity index (χ1v) is 8.53. The van der Waals surface area contributed by atoms with E-state index in [1.807, 2.05) is 30.3 Å². The van der Waals surface area contributed by atoms with Crippen molar-refractivity contribution in [2.45, 2.75) is 10.4 Å². The maximum absolute atomic E-state index is 14.1. The molecule has 0 saturated heterocycles. The molecule has 0 saturated carbocycles. The normalized spacial score (nSPS) is 12.0. The summed E-state index contributed by atoms with van der Waals surface area (Å²) in [6.45, 7) is 0. The van der Waals surface area contributed by atoms with E-state index in [0.717, 1.165) is 5.56 Å². The summed E-state index contributed by atoms with van der Waals surface area (Å²) in [5.74, 6) is -0.446. The average molecular weight is 356 g/mol. The molecule has 25 heavy (non-hydrogen) atoms. The van der Waals surface area contributed by atoms with Crippen LogP contribution in [0.2, 0.25) is 0 Å². The Labute approximate surface area is 149 Å². The monoisotopic (exact) mass is 356 g/mol. The fraction of sp³-hybridized carbons (Fsp3) is 0.167. The molecule has 128 valence electrons. The van der Waals surface area contributed by atoms with Crippen LogP contribution >= 0.6 is 11.8 Å². The van der Waals surface area contributed by atoms with Crippen molar-refractivity contribution in [2.24, 2.45) is 0 Å². The van der Waals surface area contributed by atoms with Crippen molar-refractivity contribution in [2.75, 3.05) is 14.1 Å². The zero-order valence-corrected chi connectivity index (χ0v) is 14.7. The summed E-state index contributed by atoms with van der Waals surface area (Å²) in [5.41, 5.74) is 1.20. The Kier molecular flexibility index (Phi) is 5.14. The summed E-state index contributed by atoms with van der Waals surface area (Å²) in [6.07, 6.45) is 1.45. The van der Waals surface area contributed by atoms with E-state index in [1.165, 1.54) is 29.1 Å². The number of thioether (sulfide) groups is 1. The first-order chi connectivity index (χ1) is 12.1. The molecule has 0 aliphatic heterocycles. The highest BCUT2D eigenvalue weighted by molar-refractivity contribution is 8.00. The number of halogens is 1. The van der Waals surface area contributed by atoms with Crippen molar-refractivity contribution in [1.29, 1.82) is 0 Å². The smallest absolute Gasteiger partial charge is 0.240 e. The summed E-state index contributed by atoms with van der Waals surface area (Å²) < 4.78 is 15.7. The van der Waals surface area contributed by atoms with E-state index in [0.29, 0.717) is 10.8 Å². The molecule has 7 heteroatoms. The first kappa shape index (κ1) is 17.2. The van der Waals surface area contributed by atoms with Crippen LogP contribution in [0.3, 0.4) is 0 Å². The van der Waals surface area contributed by atoms with Crippen LogP contribution in [0.4, 0.5) is 4.39 Å². The number of carbonyl (C=O) groups is 1. The highest BCUT2D eigenvalue weighted by Crippen LogP contribution is 2.36. The fourth-order valence-electron chi connectivity index (χ4n) is 2.35. The van der Waals surface area contributed by atoms with Gasteiger partial charge in [0.25, 0.3) is 0 Å². The number of amides is 1. The highest BCUT2D eigenvalue weighted by Gasteiger charge is 2.26. The number of hydrogen-bond acceptors (Lipinski definition) is 4. The van der Waals surface area contributed by atoms with Gasteiger partial charge in [0.05, 0.1) is 5.69 Å². The van der Waals surface area contributed by atoms with Crippen molar-refractivity contribution >= 4 is 17.7 Å². The Morgan fingerprint density at radius 2 is 1.80 bits per heavy atom. The highest BCUT2D eigenvalue weighted by atomic mass is 32.2. The van der Waals surface area contributed by atoms with Gasteiger partial charge < -0.3 is 4.90 Å². The van der Waals surface area contributed by atoms with Crippen molar-refractivity contribution in [1.82, 2.24) is 19.7 Å². The quantitative estimate of drug-likeness (QED) is 0.658. The molecule has 0 bridgehead atoms. The van der Waals surface area contributed by atoms with Crippen molar-refractivity contribution in [3.63, 3.8) is 0 Å². The average Bonchev–Trinajstić information content (AvgIpc) is 3.08. The van der Waals surface area contributed by atoms with Crippen LogP contribution in [0.25, 0.3) is 5.69 Å². The second kappa shape index (κ2) is 7.48. The molecule has 2 aromatic carbocycles. The predicted molar refractivity (Wildman–Crippen MR) is 95.1 cm³/mol. The molecular weight excluding hydrogens is 339 g/mol. The number of carbonyl (C=O) groups excluding carboxylic acids is 1. The van der Waals surface area contributed by atoms with Gasteiger partial charge in [0.1, 0.15) is 17.4 Å². The van der Waals surface area contributed by atoms with Crippen LogP contribution in [0.5, 0.6) is 0 Å². The number of nitrogens with zero attached hydrogens (tertiary/aromatic N) is 4. The van der Waals surface area contributed by atoms with Gasteiger partial charge in [-0.1, -0.05) is 54.2 Å². The van der Waals surface area contributed by atoms with Gasteiger partial charge in [-0.05, 0) is 17.7 Å². The largest absolute Gasteiger partial charge is 0.348 e. The van der Waals surface area contributed by atoms with Gasteiger partial charge in [0, 0.05) is 14.1 Å². The van der Waals surface area contributed by atoms with Gasteiger partial charge in [-0.2, -0.15) is 0 Å². The van der Waals surface area contributed by atoms with Crippen molar-refractivity contribution in [3.05, 3.63) is 72.3 Å². The van der Waals surface area contributed by atoms with E-state index in [2.05, 4.69) is 10.2 Å². The summed E-state index contributed by atoms with van der Waals surface area (Å²) in [5, 5.41) is 7.93. The zero-order valence-electron chi connectivity index (χ0n) is 13.8. The molecule has 0 spiro atoms. The zero-order chi connectivity index (χ0) is 17.8. The molecular formula is C18H17FN4OS. The molecule has 1 heterocycles. The third kappa shape index (κ3) is 3.71. The molecule has 0 aliphatic carbocycles. The number of para-hydroxylation sites is 1. The third-order valence-electron chi connectivity index (χ3n) is 3.62. The maximum atomic E-state index is 14.1. The maximum Gasteiger partial charge on any atom is 0.240 e. The third-order valence-corrected chi connectivity index (χ3v) is 4.82. The molecule has 1 atom stereocenters. The van der Waals surface area contributed by atoms with E-state index < -0.39 is 5.25 Å². The second-order valence-electron chi connectivity index (χ2n) is 5.58. The number of benzene rings is 2. The van der Waals surface area contributed by atoms with E-state index in [9.17, 15) is 9.18 Å². The van der Waals surface area contributed by atoms with Crippen LogP contribution < -0.4 is 0 Å². The summed E-state index contributed by atoms with van der Waals surface area (Å²) in [7, 11) is 3.42. The minimum atomic E-state index is -0.495. The van der Waals surface area contributed by atoms with E-state index in [1.54, 1.807) is 36.9 Å². The lowest BCUT2D eigenvalue weighted by Gasteiger charge is -2.20. The molecule has 3 aromatic rings. The number of hydrogen-bond donors (Lipinski definition) is 0. The molecule has 0 N–H and O–H groups in total. The topological polar surface area (TPSA) is 51.0 Å². The Morgan fingerprint density at radius 1 is 1.12 bits per heavy atom. The standard InChI is InChI=1S/C18H17FN4OS/c1-22(2)17(24)16(13-8-4-3-5-9-13)25-18-21-20-12-23(18)15-11-7-6-10-14(15)19/h3-12,16H,1-2H3/t16-/m0/s1. The van der Waals surface area contributed by atoms with Gasteiger partial charge >= 0.3 is 0 Å². The predicted octanol–water partition coefficient (Wildman–Crippen LogP) is 3.33. The number of rotatable bonds is 5. The van der Waals surface area contributed by atoms with Crippen molar-refractivity contribution < 1.29 is 9.18 Å². The molecule has 5 nitrogen and oxygen atoms in total. The second-order valence-corrected chi connectivity index (χ2v) is 6.65. The molecule has 3 rings (SSSR count). The number of likely N-dealkylation sites (N-methyl/N-ethyl adjacent to an activating group) is 1. The van der Waals surface area contributed by atoms with Gasteiger partial charge in [0.2, 0.25) is 5.91 Å². The number of aromatic nitrogens is 3. The molecule has 0 fully saturated rings. The Morgan fingerprint density at radius 3 is 2.48 bits per heavy atom. The molecule has 1 aromatic heterocycles. The van der Waals surface area contributed by atoms with Gasteiger partial charge in [-0.3, -0.25) is 9.36 Å². The van der Waals surface area contributed by atoms with E-state index in [-0.39, 0.29) is 11.7 Å². The van der Waals surface area contributed by atoms with Crippen LogP contribution in [0.15, 0.2) is 66.1 Å². The van der Waals surface area contributed by atoms with Gasteiger partial charge in [0.15, 0.2) is 5.16 Å². The Hall–Kier alpha value is -2.67. The molecule has 1 amide bonds. The van der Waals surface area contributed by atoms with Crippen LogP contribution in [-0.2, 0) is 4.79 Å². The van der Waals surface area contributed by atoms with Gasteiger partial charge in [-0.25, -0.2) is 4.39 Å². The molecule has 0 unspecified atom stereocenters. The van der Waals surface area contributed by atoms with Gasteiger partial charge in [-0.15, -0.1) is 10.2 Å². The molecule has 0 radical (unpaired) electrons. The molecule has 0 aliphatic rings. The minimum absolute atomic E-state index is 0.0701. The van der Waals surface area contributed by atoms with E-state index >= 15 is 0 Å². The lowest BCUT2D eigenvalue weighted by Crippen LogP contribution is -2.27. The summed E-state index contributed by atoms with van der Waals surface area (Å²) in [4.78, 5) is 14.2. The van der Waals surface area contributed by atoms with Crippen molar-refractivity contribution in [3.8, 4) is 5.69 Å². The Balaban J connectivity index is 1.98. The SMILES string of the molecule is CN(C)C(=O)[C@@H](Sc1nncn1-c1ccccc1F)c1ccccc1. The van der Waals surface area contributed by atoms with E-state index in [4.69, 9.17) is 0 Å². The minimum Gasteiger partial charge on any atom is -0.348 e. The lowest BCUT2D eigenvalue weighted by molar-refractivity contribution is -0.128. The summed E-state index contributed by atoms with van der Waals surface area (Å²) in [6, 6.07) is 15.8. The Bertz CT molecular complexity index is 866. The lowest BCUT2D eigenvalue weighted by atomic mass is 10.1. The first-order valence-electron chi connectivity index (χ1n) is 7.65.